The molecule has 3 nitrogen and oxygen atoms in total. The molecule has 0 aliphatic heterocycles. The van der Waals surface area contributed by atoms with Gasteiger partial charge in [-0.05, 0) is 37.0 Å². The van der Waals surface area contributed by atoms with Gasteiger partial charge in [0.05, 0.1) is 11.3 Å². The Balaban J connectivity index is 2.98. The highest BCUT2D eigenvalue weighted by atomic mass is 16.4. The molecule has 2 rings (SSSR count). The maximum atomic E-state index is 11.6. The van der Waals surface area contributed by atoms with Crippen LogP contribution in [0.15, 0.2) is 21.3 Å². The second-order valence-electron chi connectivity index (χ2n) is 4.21. The first-order valence-corrected chi connectivity index (χ1v) is 5.93. The molecule has 0 saturated heterocycles. The van der Waals surface area contributed by atoms with E-state index in [1.807, 2.05) is 12.1 Å². The van der Waals surface area contributed by atoms with Crippen LogP contribution in [-0.4, -0.2) is 0 Å². The smallest absolute Gasteiger partial charge is 0.341 e. The first-order valence-electron chi connectivity index (χ1n) is 5.93. The normalized spacial score (nSPS) is 11.0. The summed E-state index contributed by atoms with van der Waals surface area (Å²) in [6.07, 6.45) is 1.84. The molecule has 0 aliphatic carbocycles. The van der Waals surface area contributed by atoms with Crippen molar-refractivity contribution in [3.8, 4) is 0 Å². The van der Waals surface area contributed by atoms with Gasteiger partial charge < -0.3 is 10.2 Å². The predicted octanol–water partition coefficient (Wildman–Crippen LogP) is 2.81. The minimum Gasteiger partial charge on any atom is -0.422 e. The molecule has 2 N–H and O–H groups in total. The lowest BCUT2D eigenvalue weighted by Crippen LogP contribution is -2.09. The molecule has 17 heavy (non-hydrogen) atoms. The Kier molecular flexibility index (Phi) is 2.92. The average molecular weight is 231 g/mol. The molecule has 1 aromatic heterocycles. The Morgan fingerprint density at radius 2 is 1.94 bits per heavy atom. The van der Waals surface area contributed by atoms with Gasteiger partial charge in [0.25, 0.3) is 0 Å². The zero-order valence-electron chi connectivity index (χ0n) is 10.5. The molecule has 90 valence electrons. The number of anilines is 1. The summed E-state index contributed by atoms with van der Waals surface area (Å²) in [7, 11) is 0. The monoisotopic (exact) mass is 231 g/mol. The summed E-state index contributed by atoms with van der Waals surface area (Å²) in [6.45, 7) is 5.91. The average Bonchev–Trinajstić information content (AvgIpc) is 2.34. The topological polar surface area (TPSA) is 56.2 Å². The molecule has 0 atom stereocenters. The van der Waals surface area contributed by atoms with Gasteiger partial charge in [0, 0.05) is 5.39 Å². The van der Waals surface area contributed by atoms with Crippen LogP contribution >= 0.6 is 0 Å². The van der Waals surface area contributed by atoms with Crippen LogP contribution in [0.5, 0.6) is 0 Å². The second kappa shape index (κ2) is 4.24. The van der Waals surface area contributed by atoms with Crippen LogP contribution in [0.2, 0.25) is 0 Å². The Labute approximate surface area is 100 Å². The van der Waals surface area contributed by atoms with Gasteiger partial charge in [-0.2, -0.15) is 0 Å². The van der Waals surface area contributed by atoms with Crippen LogP contribution in [0.4, 0.5) is 5.69 Å². The summed E-state index contributed by atoms with van der Waals surface area (Å²) in [6, 6.07) is 3.85. The molecular formula is C14H17NO2. The first-order chi connectivity index (χ1) is 8.10. The van der Waals surface area contributed by atoms with Crippen molar-refractivity contribution in [1.82, 2.24) is 0 Å². The number of aryl methyl sites for hydroxylation is 2. The molecule has 0 unspecified atom stereocenters. The molecule has 0 aliphatic rings. The summed E-state index contributed by atoms with van der Waals surface area (Å²) in [5.74, 6) is 0. The quantitative estimate of drug-likeness (QED) is 0.808. The number of nitrogen functional groups attached to an aromatic ring is 1. The van der Waals surface area contributed by atoms with E-state index in [4.69, 9.17) is 10.2 Å². The van der Waals surface area contributed by atoms with Crippen molar-refractivity contribution in [3.63, 3.8) is 0 Å². The van der Waals surface area contributed by atoms with Gasteiger partial charge in [0.1, 0.15) is 5.58 Å². The van der Waals surface area contributed by atoms with E-state index < -0.39 is 0 Å². The van der Waals surface area contributed by atoms with Crippen molar-refractivity contribution in [1.29, 1.82) is 0 Å². The first kappa shape index (κ1) is 11.7. The number of hydrogen-bond acceptors (Lipinski definition) is 3. The van der Waals surface area contributed by atoms with E-state index in [0.717, 1.165) is 18.2 Å². The van der Waals surface area contributed by atoms with Gasteiger partial charge in [-0.25, -0.2) is 4.79 Å². The van der Waals surface area contributed by atoms with Gasteiger partial charge >= 0.3 is 5.63 Å². The molecule has 2 aromatic rings. The van der Waals surface area contributed by atoms with Crippen LogP contribution in [0.3, 0.4) is 0 Å². The van der Waals surface area contributed by atoms with E-state index in [2.05, 4.69) is 13.8 Å². The van der Waals surface area contributed by atoms with E-state index in [1.165, 1.54) is 11.1 Å². The van der Waals surface area contributed by atoms with Crippen LogP contribution in [0.1, 0.15) is 30.5 Å². The zero-order chi connectivity index (χ0) is 12.6. The molecule has 1 heterocycles. The summed E-state index contributed by atoms with van der Waals surface area (Å²) < 4.78 is 5.28. The highest BCUT2D eigenvalue weighted by Crippen LogP contribution is 2.29. The third-order valence-electron chi connectivity index (χ3n) is 3.29. The molecule has 0 amide bonds. The van der Waals surface area contributed by atoms with Crippen molar-refractivity contribution in [2.24, 2.45) is 0 Å². The fourth-order valence-electron chi connectivity index (χ4n) is 2.26. The van der Waals surface area contributed by atoms with Crippen molar-refractivity contribution in [2.75, 3.05) is 5.73 Å². The number of benzene rings is 1. The van der Waals surface area contributed by atoms with Gasteiger partial charge in [-0.15, -0.1) is 0 Å². The predicted molar refractivity (Wildman–Crippen MR) is 70.4 cm³/mol. The minimum absolute atomic E-state index is 0.346. The van der Waals surface area contributed by atoms with E-state index in [-0.39, 0.29) is 5.63 Å². The van der Waals surface area contributed by atoms with E-state index in [9.17, 15) is 4.79 Å². The third-order valence-corrected chi connectivity index (χ3v) is 3.29. The van der Waals surface area contributed by atoms with Crippen molar-refractivity contribution >= 4 is 16.7 Å². The lowest BCUT2D eigenvalue weighted by atomic mass is 9.96. The molecule has 0 bridgehead atoms. The fourth-order valence-corrected chi connectivity index (χ4v) is 2.26. The fraction of sp³-hybridized carbons (Fsp3) is 0.357. The molecular weight excluding hydrogens is 214 g/mol. The molecule has 0 spiro atoms. The van der Waals surface area contributed by atoms with Gasteiger partial charge in [-0.3, -0.25) is 0 Å². The summed E-state index contributed by atoms with van der Waals surface area (Å²) >= 11 is 0. The van der Waals surface area contributed by atoms with E-state index >= 15 is 0 Å². The number of hydrogen-bond donors (Lipinski definition) is 1. The second-order valence-corrected chi connectivity index (χ2v) is 4.21. The van der Waals surface area contributed by atoms with Crippen molar-refractivity contribution in [3.05, 3.63) is 39.2 Å². The van der Waals surface area contributed by atoms with Crippen molar-refractivity contribution < 1.29 is 4.42 Å². The Bertz CT molecular complexity index is 626. The lowest BCUT2D eigenvalue weighted by Gasteiger charge is -2.12. The lowest BCUT2D eigenvalue weighted by molar-refractivity contribution is 0.555. The zero-order valence-corrected chi connectivity index (χ0v) is 10.5. The SMILES string of the molecule is CCc1ccc2oc(=O)c(C)c(N)c2c1CC. The maximum Gasteiger partial charge on any atom is 0.341 e. The largest absolute Gasteiger partial charge is 0.422 e. The van der Waals surface area contributed by atoms with Crippen LogP contribution < -0.4 is 11.4 Å². The third kappa shape index (κ3) is 1.71. The summed E-state index contributed by atoms with van der Waals surface area (Å²) in [5, 5.41) is 0.906. The number of rotatable bonds is 2. The highest BCUT2D eigenvalue weighted by molar-refractivity contribution is 5.93. The highest BCUT2D eigenvalue weighted by Gasteiger charge is 2.13. The Hall–Kier alpha value is -1.77. The summed E-state index contributed by atoms with van der Waals surface area (Å²) in [5.41, 5.74) is 9.82. The van der Waals surface area contributed by atoms with Crippen LogP contribution in [0.25, 0.3) is 11.0 Å². The van der Waals surface area contributed by atoms with Crippen LogP contribution in [-0.2, 0) is 12.8 Å². The van der Waals surface area contributed by atoms with Crippen molar-refractivity contribution in [2.45, 2.75) is 33.6 Å². The van der Waals surface area contributed by atoms with Gasteiger partial charge in [0.15, 0.2) is 0 Å². The molecule has 0 fully saturated rings. The van der Waals surface area contributed by atoms with E-state index in [0.29, 0.717) is 16.8 Å². The number of fused-ring (bicyclic) bond motifs is 1. The van der Waals surface area contributed by atoms with Crippen LogP contribution in [0, 0.1) is 6.92 Å². The molecule has 1 aromatic carbocycles. The van der Waals surface area contributed by atoms with E-state index in [1.54, 1.807) is 6.92 Å². The Morgan fingerprint density at radius 3 is 2.53 bits per heavy atom. The standard InChI is InChI=1S/C14H17NO2/c1-4-9-6-7-11-12(10(9)5-2)13(15)8(3)14(16)17-11/h6-7H,4-5,15H2,1-3H3. The molecule has 0 radical (unpaired) electrons. The molecule has 3 heteroatoms. The number of nitrogens with two attached hydrogens (primary N) is 1. The Morgan fingerprint density at radius 1 is 1.24 bits per heavy atom. The van der Waals surface area contributed by atoms with Gasteiger partial charge in [-0.1, -0.05) is 19.9 Å². The van der Waals surface area contributed by atoms with Gasteiger partial charge in [0.2, 0.25) is 0 Å². The summed E-state index contributed by atoms with van der Waals surface area (Å²) in [4.78, 5) is 11.6. The minimum atomic E-state index is -0.346. The molecule has 0 saturated carbocycles. The maximum absolute atomic E-state index is 11.6.